The first kappa shape index (κ1) is 13.3. The number of aliphatic hydroxyl groups excluding tert-OH is 1. The standard InChI is InChI=1S/C12H18ClNO2/c1-14(8-9-15)7-2-10-16-12-5-3-11(13)4-6-12/h3-6,15H,2,7-10H2,1H3. The predicted octanol–water partition coefficient (Wildman–Crippen LogP) is 2.03. The van der Waals surface area contributed by atoms with Crippen molar-refractivity contribution in [2.24, 2.45) is 0 Å². The van der Waals surface area contributed by atoms with Gasteiger partial charge in [-0.05, 0) is 37.7 Å². The van der Waals surface area contributed by atoms with E-state index < -0.39 is 0 Å². The molecule has 0 heterocycles. The highest BCUT2D eigenvalue weighted by Crippen LogP contribution is 2.15. The molecular formula is C12H18ClNO2. The quantitative estimate of drug-likeness (QED) is 0.744. The van der Waals surface area contributed by atoms with Gasteiger partial charge in [-0.3, -0.25) is 0 Å². The Morgan fingerprint density at radius 3 is 2.56 bits per heavy atom. The van der Waals surface area contributed by atoms with Crippen molar-refractivity contribution >= 4 is 11.6 Å². The van der Waals surface area contributed by atoms with E-state index in [4.69, 9.17) is 21.4 Å². The van der Waals surface area contributed by atoms with Crippen LogP contribution in [0.3, 0.4) is 0 Å². The third-order valence-electron chi connectivity index (χ3n) is 2.25. The van der Waals surface area contributed by atoms with Crippen molar-refractivity contribution in [1.82, 2.24) is 4.90 Å². The van der Waals surface area contributed by atoms with Gasteiger partial charge in [0, 0.05) is 18.1 Å². The molecule has 0 aliphatic rings. The molecule has 0 saturated carbocycles. The first-order valence-corrected chi connectivity index (χ1v) is 5.78. The second kappa shape index (κ2) is 7.49. The average Bonchev–Trinajstić information content (AvgIpc) is 2.27. The number of hydrogen-bond acceptors (Lipinski definition) is 3. The molecule has 0 bridgehead atoms. The van der Waals surface area contributed by atoms with Gasteiger partial charge in [0.05, 0.1) is 13.2 Å². The molecule has 0 spiro atoms. The van der Waals surface area contributed by atoms with Gasteiger partial charge in [0.2, 0.25) is 0 Å². The summed E-state index contributed by atoms with van der Waals surface area (Å²) in [4.78, 5) is 2.07. The lowest BCUT2D eigenvalue weighted by Gasteiger charge is -2.14. The summed E-state index contributed by atoms with van der Waals surface area (Å²) in [5, 5.41) is 9.43. The van der Waals surface area contributed by atoms with E-state index in [2.05, 4.69) is 4.90 Å². The van der Waals surface area contributed by atoms with Crippen molar-refractivity contribution in [3.63, 3.8) is 0 Å². The van der Waals surface area contributed by atoms with Gasteiger partial charge in [-0.25, -0.2) is 0 Å². The highest BCUT2D eigenvalue weighted by molar-refractivity contribution is 6.30. The fourth-order valence-corrected chi connectivity index (χ4v) is 1.46. The number of halogens is 1. The lowest BCUT2D eigenvalue weighted by Crippen LogP contribution is -2.24. The van der Waals surface area contributed by atoms with Crippen LogP contribution in [0.15, 0.2) is 24.3 Å². The monoisotopic (exact) mass is 243 g/mol. The van der Waals surface area contributed by atoms with E-state index in [1.54, 1.807) is 0 Å². The van der Waals surface area contributed by atoms with Crippen LogP contribution in [0.2, 0.25) is 5.02 Å². The molecule has 1 rings (SSSR count). The molecule has 16 heavy (non-hydrogen) atoms. The minimum absolute atomic E-state index is 0.203. The zero-order valence-corrected chi connectivity index (χ0v) is 10.3. The molecule has 0 atom stereocenters. The first-order valence-electron chi connectivity index (χ1n) is 5.40. The van der Waals surface area contributed by atoms with Crippen molar-refractivity contribution in [3.05, 3.63) is 29.3 Å². The van der Waals surface area contributed by atoms with E-state index in [0.29, 0.717) is 13.2 Å². The molecule has 0 aromatic heterocycles. The third-order valence-corrected chi connectivity index (χ3v) is 2.50. The Labute approximate surface area is 102 Å². The Morgan fingerprint density at radius 1 is 1.25 bits per heavy atom. The van der Waals surface area contributed by atoms with Crippen molar-refractivity contribution in [2.75, 3.05) is 33.4 Å². The third kappa shape index (κ3) is 5.35. The Bertz CT molecular complexity index is 290. The van der Waals surface area contributed by atoms with Gasteiger partial charge in [-0.15, -0.1) is 0 Å². The smallest absolute Gasteiger partial charge is 0.119 e. The minimum Gasteiger partial charge on any atom is -0.494 e. The number of likely N-dealkylation sites (N-methyl/N-ethyl adjacent to an activating group) is 1. The summed E-state index contributed by atoms with van der Waals surface area (Å²) in [6.45, 7) is 2.51. The molecule has 3 nitrogen and oxygen atoms in total. The molecule has 1 aromatic carbocycles. The number of nitrogens with zero attached hydrogens (tertiary/aromatic N) is 1. The van der Waals surface area contributed by atoms with E-state index in [0.717, 1.165) is 23.7 Å². The van der Waals surface area contributed by atoms with Crippen LogP contribution in [0.1, 0.15) is 6.42 Å². The van der Waals surface area contributed by atoms with Gasteiger partial charge >= 0.3 is 0 Å². The summed E-state index contributed by atoms with van der Waals surface area (Å²) in [7, 11) is 1.98. The highest BCUT2D eigenvalue weighted by Gasteiger charge is 1.97. The summed E-state index contributed by atoms with van der Waals surface area (Å²) >= 11 is 5.76. The summed E-state index contributed by atoms with van der Waals surface area (Å²) in [6, 6.07) is 7.35. The molecule has 0 aliphatic heterocycles. The van der Waals surface area contributed by atoms with E-state index in [-0.39, 0.29) is 6.61 Å². The first-order chi connectivity index (χ1) is 7.72. The van der Waals surface area contributed by atoms with Crippen molar-refractivity contribution in [1.29, 1.82) is 0 Å². The van der Waals surface area contributed by atoms with E-state index in [1.165, 1.54) is 0 Å². The largest absolute Gasteiger partial charge is 0.494 e. The number of rotatable bonds is 7. The maximum Gasteiger partial charge on any atom is 0.119 e. The summed E-state index contributed by atoms with van der Waals surface area (Å²) in [5.74, 6) is 0.842. The zero-order chi connectivity index (χ0) is 11.8. The van der Waals surface area contributed by atoms with Crippen molar-refractivity contribution in [3.8, 4) is 5.75 Å². The van der Waals surface area contributed by atoms with Crippen molar-refractivity contribution < 1.29 is 9.84 Å². The Hall–Kier alpha value is -0.770. The molecule has 0 fully saturated rings. The van der Waals surface area contributed by atoms with Gasteiger partial charge in [0.25, 0.3) is 0 Å². The van der Waals surface area contributed by atoms with E-state index >= 15 is 0 Å². The van der Waals surface area contributed by atoms with Gasteiger partial charge in [-0.1, -0.05) is 11.6 Å². The average molecular weight is 244 g/mol. The number of aliphatic hydroxyl groups is 1. The summed E-state index contributed by atoms with van der Waals surface area (Å²) < 4.78 is 5.54. The van der Waals surface area contributed by atoms with Crippen molar-refractivity contribution in [2.45, 2.75) is 6.42 Å². The van der Waals surface area contributed by atoms with Crippen LogP contribution < -0.4 is 4.74 Å². The zero-order valence-electron chi connectivity index (χ0n) is 9.53. The van der Waals surface area contributed by atoms with Crippen LogP contribution in [0.25, 0.3) is 0 Å². The molecular weight excluding hydrogens is 226 g/mol. The van der Waals surface area contributed by atoms with Gasteiger partial charge in [0.15, 0.2) is 0 Å². The van der Waals surface area contributed by atoms with Crippen LogP contribution in [0, 0.1) is 0 Å². The van der Waals surface area contributed by atoms with Crippen LogP contribution in [-0.4, -0.2) is 43.4 Å². The Morgan fingerprint density at radius 2 is 1.94 bits per heavy atom. The number of hydrogen-bond donors (Lipinski definition) is 1. The van der Waals surface area contributed by atoms with Crippen LogP contribution >= 0.6 is 11.6 Å². The molecule has 0 aliphatic carbocycles. The normalized spacial score (nSPS) is 10.8. The Kier molecular flexibility index (Phi) is 6.23. The molecule has 0 radical (unpaired) electrons. The second-order valence-electron chi connectivity index (χ2n) is 3.68. The molecule has 0 unspecified atom stereocenters. The minimum atomic E-state index is 0.203. The Balaban J connectivity index is 2.13. The lowest BCUT2D eigenvalue weighted by atomic mass is 10.3. The topological polar surface area (TPSA) is 32.7 Å². The number of benzene rings is 1. The molecule has 1 N–H and O–H groups in total. The van der Waals surface area contributed by atoms with E-state index in [1.807, 2.05) is 31.3 Å². The molecule has 0 amide bonds. The highest BCUT2D eigenvalue weighted by atomic mass is 35.5. The van der Waals surface area contributed by atoms with Crippen LogP contribution in [0.5, 0.6) is 5.75 Å². The van der Waals surface area contributed by atoms with E-state index in [9.17, 15) is 0 Å². The maximum atomic E-state index is 8.71. The summed E-state index contributed by atoms with van der Waals surface area (Å²) in [5.41, 5.74) is 0. The second-order valence-corrected chi connectivity index (χ2v) is 4.12. The van der Waals surface area contributed by atoms with Crippen LogP contribution in [0.4, 0.5) is 0 Å². The molecule has 4 heteroatoms. The number of ether oxygens (including phenoxy) is 1. The SMILES string of the molecule is CN(CCO)CCCOc1ccc(Cl)cc1. The van der Waals surface area contributed by atoms with Gasteiger partial charge in [0.1, 0.15) is 5.75 Å². The van der Waals surface area contributed by atoms with Crippen LogP contribution in [-0.2, 0) is 0 Å². The van der Waals surface area contributed by atoms with Gasteiger partial charge < -0.3 is 14.7 Å². The summed E-state index contributed by atoms with van der Waals surface area (Å²) in [6.07, 6.45) is 0.944. The fraction of sp³-hybridized carbons (Fsp3) is 0.500. The molecule has 90 valence electrons. The molecule has 0 saturated heterocycles. The molecule has 1 aromatic rings. The predicted molar refractivity (Wildman–Crippen MR) is 66.1 cm³/mol. The maximum absolute atomic E-state index is 8.71. The lowest BCUT2D eigenvalue weighted by molar-refractivity contribution is 0.207. The fourth-order valence-electron chi connectivity index (χ4n) is 1.34. The van der Waals surface area contributed by atoms with Gasteiger partial charge in [-0.2, -0.15) is 0 Å².